The number of rotatable bonds is 4. The first-order chi connectivity index (χ1) is 9.91. The molecular formula is C15H14ClF3N2. The normalized spacial score (nSPS) is 13.2. The van der Waals surface area contributed by atoms with Gasteiger partial charge in [-0.2, -0.15) is 13.2 Å². The van der Waals surface area contributed by atoms with E-state index in [2.05, 4.69) is 10.3 Å². The van der Waals surface area contributed by atoms with E-state index in [1.54, 1.807) is 25.5 Å². The van der Waals surface area contributed by atoms with E-state index in [1.165, 1.54) is 12.1 Å². The van der Waals surface area contributed by atoms with Crippen molar-refractivity contribution in [3.63, 3.8) is 0 Å². The Bertz CT molecular complexity index is 597. The summed E-state index contributed by atoms with van der Waals surface area (Å²) in [5, 5.41) is 3.65. The first kappa shape index (κ1) is 15.8. The number of hydrogen-bond donors (Lipinski definition) is 1. The summed E-state index contributed by atoms with van der Waals surface area (Å²) in [5.74, 6) is 0. The van der Waals surface area contributed by atoms with Gasteiger partial charge in [0.25, 0.3) is 0 Å². The highest BCUT2D eigenvalue weighted by Gasteiger charge is 2.30. The van der Waals surface area contributed by atoms with Gasteiger partial charge in [-0.05, 0) is 42.8 Å². The van der Waals surface area contributed by atoms with Gasteiger partial charge in [0.2, 0.25) is 0 Å². The largest absolute Gasteiger partial charge is 0.416 e. The second-order valence-electron chi connectivity index (χ2n) is 4.64. The summed E-state index contributed by atoms with van der Waals surface area (Å²) in [6, 6.07) is 6.88. The van der Waals surface area contributed by atoms with Gasteiger partial charge in [0.1, 0.15) is 0 Å². The molecule has 1 aromatic carbocycles. The van der Waals surface area contributed by atoms with E-state index in [1.807, 2.05) is 0 Å². The van der Waals surface area contributed by atoms with Gasteiger partial charge < -0.3 is 5.32 Å². The summed E-state index contributed by atoms with van der Waals surface area (Å²) < 4.78 is 37.6. The first-order valence-electron chi connectivity index (χ1n) is 6.34. The third kappa shape index (κ3) is 3.95. The highest BCUT2D eigenvalue weighted by atomic mass is 35.5. The molecule has 21 heavy (non-hydrogen) atoms. The third-order valence-electron chi connectivity index (χ3n) is 3.25. The van der Waals surface area contributed by atoms with Crippen molar-refractivity contribution in [1.82, 2.24) is 10.3 Å². The van der Waals surface area contributed by atoms with Gasteiger partial charge in [-0.1, -0.05) is 23.7 Å². The third-order valence-corrected chi connectivity index (χ3v) is 3.56. The van der Waals surface area contributed by atoms with E-state index in [-0.39, 0.29) is 6.04 Å². The fourth-order valence-corrected chi connectivity index (χ4v) is 2.35. The summed E-state index contributed by atoms with van der Waals surface area (Å²) in [4.78, 5) is 3.92. The van der Waals surface area contributed by atoms with Crippen molar-refractivity contribution in [2.45, 2.75) is 18.6 Å². The zero-order chi connectivity index (χ0) is 15.5. The topological polar surface area (TPSA) is 24.9 Å². The molecule has 0 radical (unpaired) electrons. The van der Waals surface area contributed by atoms with Crippen LogP contribution in [0.15, 0.2) is 42.7 Å². The first-order valence-corrected chi connectivity index (χ1v) is 6.72. The van der Waals surface area contributed by atoms with Crippen molar-refractivity contribution >= 4 is 11.6 Å². The van der Waals surface area contributed by atoms with Crippen LogP contribution < -0.4 is 5.32 Å². The molecule has 1 heterocycles. The Morgan fingerprint density at radius 2 is 1.86 bits per heavy atom. The quantitative estimate of drug-likeness (QED) is 0.912. The van der Waals surface area contributed by atoms with Crippen LogP contribution in [0.4, 0.5) is 13.2 Å². The van der Waals surface area contributed by atoms with Crippen LogP contribution in [0.5, 0.6) is 0 Å². The average Bonchev–Trinajstić information content (AvgIpc) is 2.45. The van der Waals surface area contributed by atoms with Gasteiger partial charge in [0.15, 0.2) is 0 Å². The van der Waals surface area contributed by atoms with Gasteiger partial charge >= 0.3 is 6.18 Å². The number of aromatic nitrogens is 1. The number of likely N-dealkylation sites (N-methyl/N-ethyl adjacent to an activating group) is 1. The fraction of sp³-hybridized carbons (Fsp3) is 0.267. The minimum Gasteiger partial charge on any atom is -0.313 e. The maximum atomic E-state index is 12.5. The highest BCUT2D eigenvalue weighted by molar-refractivity contribution is 6.31. The molecule has 0 spiro atoms. The number of pyridine rings is 1. The standard InChI is InChI=1S/C15H14ClF3N2/c1-20-14(12-6-7-21-9-13(12)16)8-10-2-4-11(5-3-10)15(17,18)19/h2-7,9,14,20H,8H2,1H3. The summed E-state index contributed by atoms with van der Waals surface area (Å²) in [7, 11) is 1.78. The van der Waals surface area contributed by atoms with Crippen molar-refractivity contribution < 1.29 is 13.2 Å². The van der Waals surface area contributed by atoms with Gasteiger partial charge in [-0.15, -0.1) is 0 Å². The van der Waals surface area contributed by atoms with Gasteiger partial charge in [-0.3, -0.25) is 4.98 Å². The molecule has 112 valence electrons. The smallest absolute Gasteiger partial charge is 0.313 e. The Kier molecular flexibility index (Phi) is 4.85. The van der Waals surface area contributed by atoms with Crippen molar-refractivity contribution in [3.05, 3.63) is 64.4 Å². The van der Waals surface area contributed by atoms with E-state index in [9.17, 15) is 13.2 Å². The lowest BCUT2D eigenvalue weighted by Crippen LogP contribution is -2.19. The molecule has 1 atom stereocenters. The van der Waals surface area contributed by atoms with Gasteiger partial charge in [-0.25, -0.2) is 0 Å². The van der Waals surface area contributed by atoms with Crippen LogP contribution in [0.1, 0.15) is 22.7 Å². The number of nitrogens with one attached hydrogen (secondary N) is 1. The van der Waals surface area contributed by atoms with Crippen LogP contribution in [0, 0.1) is 0 Å². The highest BCUT2D eigenvalue weighted by Crippen LogP contribution is 2.30. The van der Waals surface area contributed by atoms with E-state index in [0.29, 0.717) is 11.4 Å². The molecule has 0 aliphatic heterocycles. The lowest BCUT2D eigenvalue weighted by Gasteiger charge is -2.18. The van der Waals surface area contributed by atoms with Gasteiger partial charge in [0.05, 0.1) is 10.6 Å². The molecule has 0 saturated carbocycles. The molecule has 0 fully saturated rings. The van der Waals surface area contributed by atoms with E-state index in [4.69, 9.17) is 11.6 Å². The number of hydrogen-bond acceptors (Lipinski definition) is 2. The van der Waals surface area contributed by atoms with Crippen LogP contribution in [-0.4, -0.2) is 12.0 Å². The second-order valence-corrected chi connectivity index (χ2v) is 5.04. The minimum absolute atomic E-state index is 0.0859. The second kappa shape index (κ2) is 6.45. The van der Waals surface area contributed by atoms with E-state index >= 15 is 0 Å². The average molecular weight is 315 g/mol. The predicted octanol–water partition coefficient (Wildman–Crippen LogP) is 4.26. The SMILES string of the molecule is CNC(Cc1ccc(C(F)(F)F)cc1)c1ccncc1Cl. The summed E-state index contributed by atoms with van der Waals surface area (Å²) in [6.07, 6.45) is -0.583. The Balaban J connectivity index is 2.18. The Morgan fingerprint density at radius 1 is 1.19 bits per heavy atom. The molecule has 0 aliphatic carbocycles. The van der Waals surface area contributed by atoms with Crippen molar-refractivity contribution in [3.8, 4) is 0 Å². The van der Waals surface area contributed by atoms with Crippen LogP contribution >= 0.6 is 11.6 Å². The molecule has 2 rings (SSSR count). The van der Waals surface area contributed by atoms with Crippen molar-refractivity contribution in [2.24, 2.45) is 0 Å². The molecule has 1 unspecified atom stereocenters. The number of nitrogens with zero attached hydrogens (tertiary/aromatic N) is 1. The Morgan fingerprint density at radius 3 is 2.38 bits per heavy atom. The number of halogens is 4. The maximum absolute atomic E-state index is 12.5. The molecule has 2 aromatic rings. The van der Waals surface area contributed by atoms with Crippen LogP contribution in [0.2, 0.25) is 5.02 Å². The van der Waals surface area contributed by atoms with Crippen LogP contribution in [0.25, 0.3) is 0 Å². The predicted molar refractivity (Wildman–Crippen MR) is 76.2 cm³/mol. The van der Waals surface area contributed by atoms with Crippen LogP contribution in [0.3, 0.4) is 0 Å². The summed E-state index contributed by atoms with van der Waals surface area (Å²) in [6.45, 7) is 0. The molecule has 0 saturated heterocycles. The summed E-state index contributed by atoms with van der Waals surface area (Å²) in [5.41, 5.74) is 1.03. The van der Waals surface area contributed by atoms with Crippen molar-refractivity contribution in [2.75, 3.05) is 7.05 Å². The van der Waals surface area contributed by atoms with Crippen molar-refractivity contribution in [1.29, 1.82) is 0 Å². The van der Waals surface area contributed by atoms with Gasteiger partial charge in [0, 0.05) is 18.4 Å². The lowest BCUT2D eigenvalue weighted by atomic mass is 9.99. The lowest BCUT2D eigenvalue weighted by molar-refractivity contribution is -0.137. The number of alkyl halides is 3. The molecule has 1 N–H and O–H groups in total. The molecule has 0 amide bonds. The molecule has 2 nitrogen and oxygen atoms in total. The molecule has 1 aromatic heterocycles. The van der Waals surface area contributed by atoms with E-state index in [0.717, 1.165) is 23.3 Å². The molecule has 0 aliphatic rings. The fourth-order valence-electron chi connectivity index (χ4n) is 2.10. The number of benzene rings is 1. The Hall–Kier alpha value is -1.59. The molecular weight excluding hydrogens is 301 g/mol. The summed E-state index contributed by atoms with van der Waals surface area (Å²) >= 11 is 6.10. The molecule has 6 heteroatoms. The maximum Gasteiger partial charge on any atom is 0.416 e. The van der Waals surface area contributed by atoms with E-state index < -0.39 is 11.7 Å². The monoisotopic (exact) mass is 314 g/mol. The minimum atomic E-state index is -4.31. The zero-order valence-electron chi connectivity index (χ0n) is 11.3. The molecule has 0 bridgehead atoms. The Labute approximate surface area is 126 Å². The zero-order valence-corrected chi connectivity index (χ0v) is 12.0. The van der Waals surface area contributed by atoms with Crippen LogP contribution in [-0.2, 0) is 12.6 Å².